The lowest BCUT2D eigenvalue weighted by Gasteiger charge is -2.35. The van der Waals surface area contributed by atoms with Crippen LogP contribution in [0.25, 0.3) is 0 Å². The molecule has 0 heterocycles. The molecule has 0 aromatic heterocycles. The van der Waals surface area contributed by atoms with Gasteiger partial charge in [-0.1, -0.05) is 27.2 Å². The molecule has 1 aliphatic carbocycles. The third-order valence-corrected chi connectivity index (χ3v) is 3.91. The first-order valence-electron chi connectivity index (χ1n) is 8.20. The van der Waals surface area contributed by atoms with Crippen molar-refractivity contribution in [2.75, 3.05) is 26.4 Å². The van der Waals surface area contributed by atoms with Crippen LogP contribution in [-0.4, -0.2) is 38.5 Å². The Kier molecular flexibility index (Phi) is 9.48. The lowest BCUT2D eigenvalue weighted by molar-refractivity contribution is -0.0345. The summed E-state index contributed by atoms with van der Waals surface area (Å²) in [6.45, 7) is 10.2. The molecule has 3 heteroatoms. The van der Waals surface area contributed by atoms with Gasteiger partial charge < -0.3 is 14.8 Å². The van der Waals surface area contributed by atoms with Crippen molar-refractivity contribution in [2.24, 2.45) is 5.92 Å². The molecule has 0 spiro atoms. The Morgan fingerprint density at radius 2 is 1.89 bits per heavy atom. The minimum Gasteiger partial charge on any atom is -0.379 e. The fourth-order valence-corrected chi connectivity index (χ4v) is 2.68. The summed E-state index contributed by atoms with van der Waals surface area (Å²) in [6, 6.07) is 0.548. The second-order valence-corrected chi connectivity index (χ2v) is 5.85. The number of hydrogen-bond donors (Lipinski definition) is 1. The quantitative estimate of drug-likeness (QED) is 0.618. The summed E-state index contributed by atoms with van der Waals surface area (Å²) in [6.07, 6.45) is 7.70. The number of ether oxygens (including phenoxy) is 2. The zero-order valence-corrected chi connectivity index (χ0v) is 13.1. The molecule has 1 fully saturated rings. The summed E-state index contributed by atoms with van der Waals surface area (Å²) in [7, 11) is 0. The van der Waals surface area contributed by atoms with Crippen molar-refractivity contribution in [3.63, 3.8) is 0 Å². The average molecular weight is 271 g/mol. The molecule has 0 amide bonds. The summed E-state index contributed by atoms with van der Waals surface area (Å²) < 4.78 is 11.6. The first kappa shape index (κ1) is 16.9. The third-order valence-electron chi connectivity index (χ3n) is 3.91. The molecule has 0 radical (unpaired) electrons. The molecular weight excluding hydrogens is 238 g/mol. The summed E-state index contributed by atoms with van der Waals surface area (Å²) in [5.74, 6) is 0.797. The van der Waals surface area contributed by atoms with Gasteiger partial charge in [0.15, 0.2) is 0 Å². The van der Waals surface area contributed by atoms with Crippen molar-refractivity contribution < 1.29 is 9.47 Å². The molecule has 3 atom stereocenters. The van der Waals surface area contributed by atoms with Crippen LogP contribution >= 0.6 is 0 Å². The molecule has 1 rings (SSSR count). The maximum absolute atomic E-state index is 6.06. The predicted octanol–water partition coefficient (Wildman–Crippen LogP) is 3.38. The van der Waals surface area contributed by atoms with Crippen molar-refractivity contribution in [1.29, 1.82) is 0 Å². The van der Waals surface area contributed by atoms with E-state index in [1.165, 1.54) is 32.1 Å². The second kappa shape index (κ2) is 10.6. The Labute approximate surface area is 119 Å². The van der Waals surface area contributed by atoms with Gasteiger partial charge in [-0.3, -0.25) is 0 Å². The molecule has 114 valence electrons. The van der Waals surface area contributed by atoms with Gasteiger partial charge >= 0.3 is 0 Å². The van der Waals surface area contributed by atoms with Crippen molar-refractivity contribution >= 4 is 0 Å². The van der Waals surface area contributed by atoms with Crippen LogP contribution in [0.3, 0.4) is 0 Å². The standard InChI is InChI=1S/C16H33NO2/c1-4-6-10-18-11-12-19-16-13-14(3)7-8-15(16)17-9-5-2/h14-17H,4-13H2,1-3H3. The highest BCUT2D eigenvalue weighted by Gasteiger charge is 2.28. The van der Waals surface area contributed by atoms with Crippen LogP contribution in [0.1, 0.15) is 59.3 Å². The molecular formula is C16H33NO2. The first-order valence-corrected chi connectivity index (χ1v) is 8.20. The maximum Gasteiger partial charge on any atom is 0.0731 e. The molecule has 0 aromatic carbocycles. The minimum absolute atomic E-state index is 0.380. The Morgan fingerprint density at radius 3 is 2.63 bits per heavy atom. The van der Waals surface area contributed by atoms with Crippen molar-refractivity contribution in [1.82, 2.24) is 5.32 Å². The van der Waals surface area contributed by atoms with Crippen LogP contribution in [0, 0.1) is 5.92 Å². The van der Waals surface area contributed by atoms with Gasteiger partial charge in [0.2, 0.25) is 0 Å². The van der Waals surface area contributed by atoms with Crippen LogP contribution in [0.15, 0.2) is 0 Å². The van der Waals surface area contributed by atoms with Gasteiger partial charge in [0.25, 0.3) is 0 Å². The molecule has 0 bridgehead atoms. The van der Waals surface area contributed by atoms with Crippen LogP contribution in [0.4, 0.5) is 0 Å². The molecule has 1 N–H and O–H groups in total. The Balaban J connectivity index is 2.18. The fourth-order valence-electron chi connectivity index (χ4n) is 2.68. The molecule has 3 unspecified atom stereocenters. The summed E-state index contributed by atoms with van der Waals surface area (Å²) in [5.41, 5.74) is 0. The van der Waals surface area contributed by atoms with Crippen LogP contribution in [-0.2, 0) is 9.47 Å². The topological polar surface area (TPSA) is 30.5 Å². The minimum atomic E-state index is 0.380. The van der Waals surface area contributed by atoms with E-state index in [1.54, 1.807) is 0 Å². The van der Waals surface area contributed by atoms with E-state index in [0.717, 1.165) is 38.7 Å². The molecule has 0 aliphatic heterocycles. The Morgan fingerprint density at radius 1 is 1.05 bits per heavy atom. The summed E-state index contributed by atoms with van der Waals surface area (Å²) >= 11 is 0. The Hall–Kier alpha value is -0.120. The van der Waals surface area contributed by atoms with Crippen molar-refractivity contribution in [2.45, 2.75) is 71.4 Å². The molecule has 0 aromatic rings. The lowest BCUT2D eigenvalue weighted by atomic mass is 9.85. The van der Waals surface area contributed by atoms with E-state index in [2.05, 4.69) is 26.1 Å². The lowest BCUT2D eigenvalue weighted by Crippen LogP contribution is -2.45. The molecule has 19 heavy (non-hydrogen) atoms. The smallest absolute Gasteiger partial charge is 0.0731 e. The number of rotatable bonds is 10. The zero-order valence-electron chi connectivity index (χ0n) is 13.1. The van der Waals surface area contributed by atoms with Gasteiger partial charge in [-0.15, -0.1) is 0 Å². The fraction of sp³-hybridized carbons (Fsp3) is 1.00. The largest absolute Gasteiger partial charge is 0.379 e. The third kappa shape index (κ3) is 7.28. The van der Waals surface area contributed by atoms with E-state index in [-0.39, 0.29) is 0 Å². The predicted molar refractivity (Wildman–Crippen MR) is 80.6 cm³/mol. The average Bonchev–Trinajstić information content (AvgIpc) is 2.42. The van der Waals surface area contributed by atoms with Gasteiger partial charge in [0.1, 0.15) is 0 Å². The van der Waals surface area contributed by atoms with E-state index in [9.17, 15) is 0 Å². The van der Waals surface area contributed by atoms with Gasteiger partial charge in [0, 0.05) is 12.6 Å². The SMILES string of the molecule is CCCCOCCOC1CC(C)CCC1NCCC. The van der Waals surface area contributed by atoms with Crippen molar-refractivity contribution in [3.8, 4) is 0 Å². The highest BCUT2D eigenvalue weighted by molar-refractivity contribution is 4.84. The summed E-state index contributed by atoms with van der Waals surface area (Å²) in [5, 5.41) is 3.64. The highest BCUT2D eigenvalue weighted by Crippen LogP contribution is 2.26. The molecule has 0 saturated heterocycles. The van der Waals surface area contributed by atoms with Gasteiger partial charge in [-0.2, -0.15) is 0 Å². The van der Waals surface area contributed by atoms with Crippen LogP contribution in [0.5, 0.6) is 0 Å². The second-order valence-electron chi connectivity index (χ2n) is 5.85. The normalized spacial score (nSPS) is 27.6. The monoisotopic (exact) mass is 271 g/mol. The van der Waals surface area contributed by atoms with E-state index in [4.69, 9.17) is 9.47 Å². The molecule has 3 nitrogen and oxygen atoms in total. The number of unbranched alkanes of at least 4 members (excludes halogenated alkanes) is 1. The molecule has 1 aliphatic rings. The van der Waals surface area contributed by atoms with Gasteiger partial charge in [-0.25, -0.2) is 0 Å². The van der Waals surface area contributed by atoms with E-state index in [1.807, 2.05) is 0 Å². The first-order chi connectivity index (χ1) is 9.27. The van der Waals surface area contributed by atoms with E-state index >= 15 is 0 Å². The summed E-state index contributed by atoms with van der Waals surface area (Å²) in [4.78, 5) is 0. The number of nitrogens with one attached hydrogen (secondary N) is 1. The van der Waals surface area contributed by atoms with Crippen LogP contribution in [0.2, 0.25) is 0 Å². The van der Waals surface area contributed by atoms with Gasteiger partial charge in [-0.05, 0) is 44.6 Å². The Bertz CT molecular complexity index is 209. The van der Waals surface area contributed by atoms with Crippen LogP contribution < -0.4 is 5.32 Å². The van der Waals surface area contributed by atoms with Crippen molar-refractivity contribution in [3.05, 3.63) is 0 Å². The van der Waals surface area contributed by atoms with E-state index in [0.29, 0.717) is 12.1 Å². The highest BCUT2D eigenvalue weighted by atomic mass is 16.5. The van der Waals surface area contributed by atoms with Gasteiger partial charge in [0.05, 0.1) is 19.3 Å². The molecule has 1 saturated carbocycles. The zero-order chi connectivity index (χ0) is 13.9. The maximum atomic E-state index is 6.06. The number of hydrogen-bond acceptors (Lipinski definition) is 3. The van der Waals surface area contributed by atoms with E-state index < -0.39 is 0 Å².